The first-order valence-corrected chi connectivity index (χ1v) is 8.32. The topological polar surface area (TPSA) is 49.4 Å². The predicted octanol–water partition coefficient (Wildman–Crippen LogP) is 2.17. The van der Waals surface area contributed by atoms with Crippen LogP contribution < -0.4 is 5.32 Å². The molecule has 0 aromatic heterocycles. The number of nitrogens with one attached hydrogen (secondary N) is 1. The Balaban J connectivity index is 1.93. The number of carbonyl (C=O) groups excluding carboxylic acids is 2. The van der Waals surface area contributed by atoms with E-state index < -0.39 is 0 Å². The Labute approximate surface area is 129 Å². The van der Waals surface area contributed by atoms with Crippen molar-refractivity contribution in [1.82, 2.24) is 10.2 Å². The summed E-state index contributed by atoms with van der Waals surface area (Å²) in [6.07, 6.45) is 5.35. The van der Waals surface area contributed by atoms with Gasteiger partial charge in [0.2, 0.25) is 11.8 Å². The largest absolute Gasteiger partial charge is 0.332 e. The van der Waals surface area contributed by atoms with Gasteiger partial charge >= 0.3 is 0 Å². The van der Waals surface area contributed by atoms with E-state index in [1.807, 2.05) is 36.6 Å². The van der Waals surface area contributed by atoms with Crippen molar-refractivity contribution in [3.8, 4) is 0 Å². The summed E-state index contributed by atoms with van der Waals surface area (Å²) in [7, 11) is 0. The Hall–Kier alpha value is -1.75. The van der Waals surface area contributed by atoms with Gasteiger partial charge in [-0.3, -0.25) is 9.59 Å². The van der Waals surface area contributed by atoms with Crippen LogP contribution in [-0.4, -0.2) is 35.7 Å². The lowest BCUT2D eigenvalue weighted by molar-refractivity contribution is -0.132. The molecular weight excluding hydrogens is 284 g/mol. The Kier molecular flexibility index (Phi) is 5.87. The van der Waals surface area contributed by atoms with E-state index in [0.717, 1.165) is 18.4 Å². The molecule has 0 spiro atoms. The molecule has 0 bridgehead atoms. The first kappa shape index (κ1) is 15.6. The van der Waals surface area contributed by atoms with Crippen LogP contribution in [0.15, 0.2) is 41.8 Å². The maximum atomic E-state index is 12.4. The highest BCUT2D eigenvalue weighted by atomic mass is 32.2. The Morgan fingerprint density at radius 2 is 2.14 bits per heavy atom. The quantitative estimate of drug-likeness (QED) is 0.848. The smallest absolute Gasteiger partial charge is 0.246 e. The second kappa shape index (κ2) is 7.88. The van der Waals surface area contributed by atoms with Crippen LogP contribution in [0.4, 0.5) is 0 Å². The van der Waals surface area contributed by atoms with Gasteiger partial charge in [-0.2, -0.15) is 0 Å². The van der Waals surface area contributed by atoms with Gasteiger partial charge in [0.05, 0.1) is 6.42 Å². The number of rotatable bonds is 5. The van der Waals surface area contributed by atoms with E-state index in [9.17, 15) is 9.59 Å². The third-order valence-corrected chi connectivity index (χ3v) is 3.84. The van der Waals surface area contributed by atoms with Crippen molar-refractivity contribution in [2.45, 2.75) is 25.4 Å². The van der Waals surface area contributed by atoms with E-state index in [-0.39, 0.29) is 18.0 Å². The molecule has 5 heteroatoms. The van der Waals surface area contributed by atoms with Gasteiger partial charge < -0.3 is 10.2 Å². The average Bonchev–Trinajstić information content (AvgIpc) is 2.94. The average molecular weight is 304 g/mol. The molecule has 1 aliphatic rings. The second-order valence-electron chi connectivity index (χ2n) is 4.95. The maximum absolute atomic E-state index is 12.4. The summed E-state index contributed by atoms with van der Waals surface area (Å²) in [5.41, 5.74) is 1.00. The van der Waals surface area contributed by atoms with Crippen LogP contribution in [0.25, 0.3) is 0 Å². The van der Waals surface area contributed by atoms with Crippen LogP contribution in [0.1, 0.15) is 18.4 Å². The van der Waals surface area contributed by atoms with E-state index in [1.54, 1.807) is 10.3 Å². The van der Waals surface area contributed by atoms with Gasteiger partial charge in [0.25, 0.3) is 0 Å². The van der Waals surface area contributed by atoms with Gasteiger partial charge in [0, 0.05) is 12.6 Å². The molecule has 1 aromatic rings. The molecule has 1 N–H and O–H groups in total. The molecule has 2 rings (SSSR count). The van der Waals surface area contributed by atoms with Crippen LogP contribution >= 0.6 is 11.8 Å². The predicted molar refractivity (Wildman–Crippen MR) is 85.7 cm³/mol. The van der Waals surface area contributed by atoms with Crippen LogP contribution in [0, 0.1) is 0 Å². The molecule has 112 valence electrons. The molecular formula is C16H20N2O2S. The molecule has 1 heterocycles. The van der Waals surface area contributed by atoms with Gasteiger partial charge in [-0.15, -0.1) is 11.8 Å². The Bertz CT molecular complexity index is 516. The van der Waals surface area contributed by atoms with Crippen molar-refractivity contribution in [2.24, 2.45) is 0 Å². The van der Waals surface area contributed by atoms with Crippen LogP contribution in [-0.2, 0) is 16.0 Å². The summed E-state index contributed by atoms with van der Waals surface area (Å²) in [4.78, 5) is 25.9. The molecule has 21 heavy (non-hydrogen) atoms. The van der Waals surface area contributed by atoms with Crippen molar-refractivity contribution in [2.75, 3.05) is 12.8 Å². The van der Waals surface area contributed by atoms with Gasteiger partial charge in [0.1, 0.15) is 6.17 Å². The number of benzene rings is 1. The number of hydrogen-bond donors (Lipinski definition) is 1. The molecule has 1 aromatic carbocycles. The third kappa shape index (κ3) is 4.63. The van der Waals surface area contributed by atoms with Gasteiger partial charge in [-0.1, -0.05) is 30.3 Å². The zero-order valence-electron chi connectivity index (χ0n) is 12.1. The summed E-state index contributed by atoms with van der Waals surface area (Å²) in [5.74, 6) is -0.0772. The van der Waals surface area contributed by atoms with Crippen LogP contribution in [0.2, 0.25) is 0 Å². The number of carbonyl (C=O) groups is 2. The summed E-state index contributed by atoms with van der Waals surface area (Å²) in [5, 5.41) is 4.63. The second-order valence-corrected chi connectivity index (χ2v) is 5.70. The molecule has 1 aliphatic heterocycles. The summed E-state index contributed by atoms with van der Waals surface area (Å²) in [6, 6.07) is 9.69. The first-order valence-electron chi connectivity index (χ1n) is 7.04. The minimum absolute atomic E-state index is 0.0675. The lowest BCUT2D eigenvalue weighted by atomic mass is 10.1. The summed E-state index contributed by atoms with van der Waals surface area (Å²) < 4.78 is 0. The van der Waals surface area contributed by atoms with Crippen molar-refractivity contribution in [3.05, 3.63) is 47.4 Å². The minimum atomic E-state index is -0.180. The fourth-order valence-electron chi connectivity index (χ4n) is 2.43. The molecule has 1 fully saturated rings. The van der Waals surface area contributed by atoms with Gasteiger partial charge in [-0.05, 0) is 30.1 Å². The van der Waals surface area contributed by atoms with Crippen molar-refractivity contribution < 1.29 is 9.59 Å². The first-order chi connectivity index (χ1) is 10.2. The van der Waals surface area contributed by atoms with Crippen molar-refractivity contribution in [1.29, 1.82) is 0 Å². The standard InChI is InChI=1S/C16H20N2O2S/c1-21-11-9-15(19)17-14-8-5-10-18(14)16(20)12-13-6-3-2-4-7-13/h2-4,6-7,9,11,14H,5,8,10,12H2,1H3,(H,17,19)/b11-9+/t14-/m0/s1. The highest BCUT2D eigenvalue weighted by molar-refractivity contribution is 8.01. The van der Waals surface area contributed by atoms with E-state index in [1.165, 1.54) is 17.8 Å². The van der Waals surface area contributed by atoms with Crippen molar-refractivity contribution >= 4 is 23.6 Å². The molecule has 1 atom stereocenters. The number of likely N-dealkylation sites (tertiary alicyclic amines) is 1. The monoisotopic (exact) mass is 304 g/mol. The fraction of sp³-hybridized carbons (Fsp3) is 0.375. The zero-order chi connectivity index (χ0) is 15.1. The number of hydrogen-bond acceptors (Lipinski definition) is 3. The summed E-state index contributed by atoms with van der Waals surface area (Å²) in [6.45, 7) is 0.711. The van der Waals surface area contributed by atoms with Gasteiger partial charge in [-0.25, -0.2) is 0 Å². The number of nitrogens with zero attached hydrogens (tertiary/aromatic N) is 1. The molecule has 4 nitrogen and oxygen atoms in total. The van der Waals surface area contributed by atoms with E-state index in [2.05, 4.69) is 5.32 Å². The number of amides is 2. The zero-order valence-corrected chi connectivity index (χ0v) is 12.9. The maximum Gasteiger partial charge on any atom is 0.246 e. The normalized spacial score (nSPS) is 18.1. The van der Waals surface area contributed by atoms with Gasteiger partial charge in [0.15, 0.2) is 0 Å². The fourth-order valence-corrected chi connectivity index (χ4v) is 2.69. The van der Waals surface area contributed by atoms with E-state index >= 15 is 0 Å². The highest BCUT2D eigenvalue weighted by Gasteiger charge is 2.29. The van der Waals surface area contributed by atoms with Crippen molar-refractivity contribution in [3.63, 3.8) is 0 Å². The Morgan fingerprint density at radius 1 is 1.38 bits per heavy atom. The van der Waals surface area contributed by atoms with E-state index in [0.29, 0.717) is 13.0 Å². The third-order valence-electron chi connectivity index (χ3n) is 3.44. The SMILES string of the molecule is CS/C=C/C(=O)N[C@@H]1CCCN1C(=O)Cc1ccccc1. The molecule has 0 saturated carbocycles. The summed E-state index contributed by atoms with van der Waals surface area (Å²) >= 11 is 1.47. The Morgan fingerprint density at radius 3 is 2.86 bits per heavy atom. The molecule has 2 amide bonds. The van der Waals surface area contributed by atoms with Crippen LogP contribution in [0.3, 0.4) is 0 Å². The molecule has 0 unspecified atom stereocenters. The highest BCUT2D eigenvalue weighted by Crippen LogP contribution is 2.17. The van der Waals surface area contributed by atoms with Crippen LogP contribution in [0.5, 0.6) is 0 Å². The lowest BCUT2D eigenvalue weighted by Gasteiger charge is -2.25. The minimum Gasteiger partial charge on any atom is -0.332 e. The molecule has 0 aliphatic carbocycles. The van der Waals surface area contributed by atoms with E-state index in [4.69, 9.17) is 0 Å². The molecule has 1 saturated heterocycles. The lowest BCUT2D eigenvalue weighted by Crippen LogP contribution is -2.47. The molecule has 0 radical (unpaired) electrons. The number of thioether (sulfide) groups is 1.